The molecule has 112 valence electrons. The van der Waals surface area contributed by atoms with Crippen molar-refractivity contribution in [2.75, 3.05) is 0 Å². The van der Waals surface area contributed by atoms with Gasteiger partial charge in [-0.1, -0.05) is 23.9 Å². The summed E-state index contributed by atoms with van der Waals surface area (Å²) in [5.74, 6) is -0.110. The zero-order valence-electron chi connectivity index (χ0n) is 11.2. The van der Waals surface area contributed by atoms with Crippen molar-refractivity contribution < 1.29 is 23.9 Å². The summed E-state index contributed by atoms with van der Waals surface area (Å²) in [5, 5.41) is 10.3. The summed E-state index contributed by atoms with van der Waals surface area (Å²) in [7, 11) is 0. The van der Waals surface area contributed by atoms with E-state index in [1.165, 1.54) is 12.1 Å². The lowest BCUT2D eigenvalue weighted by Crippen LogP contribution is -2.25. The number of carboxylic acids is 1. The van der Waals surface area contributed by atoms with Gasteiger partial charge in [-0.2, -0.15) is 0 Å². The van der Waals surface area contributed by atoms with Crippen LogP contribution >= 0.6 is 11.8 Å². The van der Waals surface area contributed by atoms with Crippen molar-refractivity contribution in [3.63, 3.8) is 0 Å². The topological polar surface area (TPSA) is 96.6 Å². The third kappa shape index (κ3) is 2.89. The van der Waals surface area contributed by atoms with Gasteiger partial charge in [-0.15, -0.1) is 0 Å². The number of amides is 2. The minimum absolute atomic E-state index is 0.202. The molecule has 1 aromatic heterocycles. The zero-order chi connectivity index (χ0) is 15.7. The van der Waals surface area contributed by atoms with Gasteiger partial charge < -0.3 is 9.52 Å². The molecule has 0 aliphatic carbocycles. The molecule has 7 heteroatoms. The average Bonchev–Trinajstić information content (AvgIpc) is 3.06. The lowest BCUT2D eigenvalue weighted by Gasteiger charge is -2.02. The molecule has 1 fully saturated rings. The number of hydrogen-bond acceptors (Lipinski definition) is 5. The van der Waals surface area contributed by atoms with Crippen LogP contribution in [0.3, 0.4) is 0 Å². The number of carbonyl (C=O) groups is 3. The molecule has 1 unspecified atom stereocenters. The third-order valence-corrected chi connectivity index (χ3v) is 4.21. The van der Waals surface area contributed by atoms with Gasteiger partial charge in [0.05, 0.1) is 5.56 Å². The van der Waals surface area contributed by atoms with E-state index in [1.54, 1.807) is 24.3 Å². The summed E-state index contributed by atoms with van der Waals surface area (Å²) < 4.78 is 5.66. The number of rotatable bonds is 4. The van der Waals surface area contributed by atoms with Gasteiger partial charge in [-0.05, 0) is 24.3 Å². The van der Waals surface area contributed by atoms with E-state index in [9.17, 15) is 14.4 Å². The first kappa shape index (κ1) is 14.4. The summed E-state index contributed by atoms with van der Waals surface area (Å²) in [6.45, 7) is 0. The largest absolute Gasteiger partial charge is 0.478 e. The first-order chi connectivity index (χ1) is 10.5. The average molecular weight is 317 g/mol. The molecule has 6 nitrogen and oxygen atoms in total. The first-order valence-electron chi connectivity index (χ1n) is 6.47. The van der Waals surface area contributed by atoms with Crippen molar-refractivity contribution in [1.29, 1.82) is 0 Å². The number of furan rings is 1. The van der Waals surface area contributed by atoms with Crippen LogP contribution in [-0.2, 0) is 11.2 Å². The van der Waals surface area contributed by atoms with E-state index >= 15 is 0 Å². The summed E-state index contributed by atoms with van der Waals surface area (Å²) in [6, 6.07) is 9.82. The Hall–Kier alpha value is -2.54. The number of carboxylic acid groups (broad SMARTS) is 1. The summed E-state index contributed by atoms with van der Waals surface area (Å²) in [5.41, 5.74) is 0.948. The second-order valence-electron chi connectivity index (χ2n) is 4.74. The molecule has 0 saturated carbocycles. The molecule has 1 saturated heterocycles. The van der Waals surface area contributed by atoms with Gasteiger partial charge >= 0.3 is 5.97 Å². The van der Waals surface area contributed by atoms with E-state index in [-0.39, 0.29) is 16.7 Å². The molecule has 1 atom stereocenters. The first-order valence-corrected chi connectivity index (χ1v) is 7.35. The van der Waals surface area contributed by atoms with Crippen molar-refractivity contribution in [2.45, 2.75) is 11.7 Å². The smallest absolute Gasteiger partial charge is 0.335 e. The van der Waals surface area contributed by atoms with Gasteiger partial charge in [0.2, 0.25) is 5.91 Å². The predicted octanol–water partition coefficient (Wildman–Crippen LogP) is 2.54. The Morgan fingerprint density at radius 1 is 1.18 bits per heavy atom. The lowest BCUT2D eigenvalue weighted by atomic mass is 10.1. The molecule has 1 aliphatic rings. The fourth-order valence-electron chi connectivity index (χ4n) is 2.13. The predicted molar refractivity (Wildman–Crippen MR) is 79.7 cm³/mol. The summed E-state index contributed by atoms with van der Waals surface area (Å²) in [6.07, 6.45) is 0.329. The zero-order valence-corrected chi connectivity index (χ0v) is 12.1. The molecule has 0 radical (unpaired) electrons. The molecule has 22 heavy (non-hydrogen) atoms. The number of carbonyl (C=O) groups excluding carboxylic acids is 2. The lowest BCUT2D eigenvalue weighted by molar-refractivity contribution is -0.119. The van der Waals surface area contributed by atoms with Gasteiger partial charge in [0.1, 0.15) is 16.8 Å². The normalized spacial score (nSPS) is 17.5. The van der Waals surface area contributed by atoms with E-state index in [4.69, 9.17) is 9.52 Å². The maximum absolute atomic E-state index is 11.5. The van der Waals surface area contributed by atoms with Crippen LogP contribution in [-0.4, -0.2) is 27.5 Å². The minimum Gasteiger partial charge on any atom is -0.478 e. The highest BCUT2D eigenvalue weighted by molar-refractivity contribution is 8.15. The van der Waals surface area contributed by atoms with Crippen molar-refractivity contribution in [3.8, 4) is 11.3 Å². The third-order valence-electron chi connectivity index (χ3n) is 3.23. The van der Waals surface area contributed by atoms with Crippen LogP contribution in [0.15, 0.2) is 40.8 Å². The Labute approximate surface area is 129 Å². The fraction of sp³-hybridized carbons (Fsp3) is 0.133. The Morgan fingerprint density at radius 2 is 1.91 bits per heavy atom. The minimum atomic E-state index is -0.986. The molecular formula is C15H11NO5S. The molecule has 2 aromatic rings. The number of nitrogens with one attached hydrogen (secondary N) is 1. The van der Waals surface area contributed by atoms with Crippen LogP contribution in [0.25, 0.3) is 11.3 Å². The van der Waals surface area contributed by atoms with Crippen LogP contribution in [0.4, 0.5) is 4.79 Å². The van der Waals surface area contributed by atoms with Crippen LogP contribution in [0.2, 0.25) is 0 Å². The van der Waals surface area contributed by atoms with E-state index in [0.29, 0.717) is 17.9 Å². The molecule has 0 spiro atoms. The number of aromatic carboxylic acids is 1. The van der Waals surface area contributed by atoms with E-state index < -0.39 is 11.2 Å². The van der Waals surface area contributed by atoms with E-state index in [2.05, 4.69) is 5.32 Å². The van der Waals surface area contributed by atoms with Crippen molar-refractivity contribution >= 4 is 28.9 Å². The molecule has 3 rings (SSSR count). The van der Waals surface area contributed by atoms with Crippen molar-refractivity contribution in [1.82, 2.24) is 5.32 Å². The highest BCUT2D eigenvalue weighted by atomic mass is 32.2. The van der Waals surface area contributed by atoms with Gasteiger partial charge in [0.25, 0.3) is 5.24 Å². The van der Waals surface area contributed by atoms with Crippen molar-refractivity contribution in [2.24, 2.45) is 0 Å². The van der Waals surface area contributed by atoms with Gasteiger partial charge in [0, 0.05) is 12.0 Å². The Kier molecular flexibility index (Phi) is 3.72. The van der Waals surface area contributed by atoms with Gasteiger partial charge in [-0.3, -0.25) is 14.9 Å². The highest BCUT2D eigenvalue weighted by Gasteiger charge is 2.32. The maximum Gasteiger partial charge on any atom is 0.335 e. The molecule has 2 amide bonds. The number of benzene rings is 1. The second-order valence-corrected chi connectivity index (χ2v) is 5.91. The van der Waals surface area contributed by atoms with Crippen LogP contribution < -0.4 is 5.32 Å². The summed E-state index contributed by atoms with van der Waals surface area (Å²) in [4.78, 5) is 33.4. The Morgan fingerprint density at radius 3 is 2.50 bits per heavy atom. The molecule has 2 heterocycles. The van der Waals surface area contributed by atoms with E-state index in [0.717, 1.165) is 17.3 Å². The highest BCUT2D eigenvalue weighted by Crippen LogP contribution is 2.27. The molecule has 2 N–H and O–H groups in total. The molecular weight excluding hydrogens is 306 g/mol. The van der Waals surface area contributed by atoms with Gasteiger partial charge in [0.15, 0.2) is 0 Å². The van der Waals surface area contributed by atoms with Crippen LogP contribution in [0.1, 0.15) is 16.1 Å². The molecule has 0 bridgehead atoms. The Bertz CT molecular complexity index is 750. The Balaban J connectivity index is 1.74. The monoisotopic (exact) mass is 317 g/mol. The maximum atomic E-state index is 11.5. The van der Waals surface area contributed by atoms with Crippen molar-refractivity contribution in [3.05, 3.63) is 47.7 Å². The number of hydrogen-bond donors (Lipinski definition) is 2. The quantitative estimate of drug-likeness (QED) is 0.899. The number of thioether (sulfide) groups is 1. The SMILES string of the molecule is O=C1NC(=O)C(Cc2ccc(-c3ccc(C(=O)O)cc3)o2)S1. The second kappa shape index (κ2) is 5.69. The fourth-order valence-corrected chi connectivity index (χ4v) is 2.96. The van der Waals surface area contributed by atoms with Gasteiger partial charge in [-0.25, -0.2) is 4.79 Å². The molecule has 1 aromatic carbocycles. The number of imide groups is 1. The molecule has 1 aliphatic heterocycles. The van der Waals surface area contributed by atoms with Crippen LogP contribution in [0, 0.1) is 0 Å². The van der Waals surface area contributed by atoms with E-state index in [1.807, 2.05) is 0 Å². The summed E-state index contributed by atoms with van der Waals surface area (Å²) >= 11 is 0.954. The standard InChI is InChI=1S/C15H11NO5S/c17-13-12(22-15(20)16-13)7-10-5-6-11(21-10)8-1-3-9(4-2-8)14(18)19/h1-6,12H,7H2,(H,18,19)(H,16,17,20). The van der Waals surface area contributed by atoms with Crippen LogP contribution in [0.5, 0.6) is 0 Å².